The summed E-state index contributed by atoms with van der Waals surface area (Å²) in [5, 5.41) is 27.1. The van der Waals surface area contributed by atoms with Crippen molar-refractivity contribution < 1.29 is 29.4 Å². The van der Waals surface area contributed by atoms with E-state index in [1.54, 1.807) is 18.2 Å². The Bertz CT molecular complexity index is 1400. The third-order valence-corrected chi connectivity index (χ3v) is 8.06. The zero-order chi connectivity index (χ0) is 26.1. The molecule has 2 unspecified atom stereocenters. The van der Waals surface area contributed by atoms with Gasteiger partial charge in [0.1, 0.15) is 17.1 Å². The number of H-pyrrole nitrogens is 1. The molecular formula is C21H19N5O8S2. The fourth-order valence-electron chi connectivity index (χ4n) is 3.82. The maximum atomic E-state index is 12.9. The smallest absolute Gasteiger partial charge is 0.352 e. The highest BCUT2D eigenvalue weighted by atomic mass is 32.2. The number of carboxylic acids is 2. The number of aromatic amines is 1. The number of fused-ring (bicyclic) bond motifs is 1. The summed E-state index contributed by atoms with van der Waals surface area (Å²) in [6.07, 6.45) is 0. The summed E-state index contributed by atoms with van der Waals surface area (Å²) < 4.78 is 1.04. The molecule has 3 heterocycles. The van der Waals surface area contributed by atoms with Crippen LogP contribution in [0.5, 0.6) is 0 Å². The number of thioether (sulfide) groups is 2. The second-order valence-electron chi connectivity index (χ2n) is 7.82. The molecule has 15 heteroatoms. The van der Waals surface area contributed by atoms with Crippen molar-refractivity contribution in [3.8, 4) is 0 Å². The molecule has 2 aliphatic rings. The molecule has 2 aromatic rings. The largest absolute Gasteiger partial charge is 0.480 e. The van der Waals surface area contributed by atoms with Gasteiger partial charge >= 0.3 is 23.1 Å². The van der Waals surface area contributed by atoms with E-state index in [1.165, 1.54) is 30.9 Å². The van der Waals surface area contributed by atoms with E-state index in [0.29, 0.717) is 5.57 Å². The zero-order valence-corrected chi connectivity index (χ0v) is 20.2. The van der Waals surface area contributed by atoms with E-state index in [1.807, 2.05) is 0 Å². The van der Waals surface area contributed by atoms with Gasteiger partial charge in [0.05, 0.1) is 0 Å². The number of amides is 2. The summed E-state index contributed by atoms with van der Waals surface area (Å²) in [6, 6.07) is 6.76. The van der Waals surface area contributed by atoms with E-state index in [9.17, 15) is 39.0 Å². The van der Waals surface area contributed by atoms with E-state index < -0.39 is 52.2 Å². The van der Waals surface area contributed by atoms with Crippen LogP contribution in [0.15, 0.2) is 56.3 Å². The summed E-state index contributed by atoms with van der Waals surface area (Å²) in [4.78, 5) is 73.7. The second kappa shape index (κ2) is 10.0. The van der Waals surface area contributed by atoms with Crippen LogP contribution in [-0.4, -0.2) is 76.6 Å². The Morgan fingerprint density at radius 2 is 1.92 bits per heavy atom. The lowest BCUT2D eigenvalue weighted by Crippen LogP contribution is -2.71. The number of nitrogens with one attached hydrogen (secondary N) is 2. The van der Waals surface area contributed by atoms with Crippen molar-refractivity contribution >= 4 is 47.3 Å². The Balaban J connectivity index is 1.51. The van der Waals surface area contributed by atoms with Gasteiger partial charge in [-0.3, -0.25) is 33.4 Å². The van der Waals surface area contributed by atoms with Crippen LogP contribution in [0.25, 0.3) is 0 Å². The van der Waals surface area contributed by atoms with Crippen molar-refractivity contribution in [3.05, 3.63) is 67.9 Å². The number of hydrogen-bond acceptors (Lipinski definition) is 9. The minimum Gasteiger partial charge on any atom is -0.480 e. The van der Waals surface area contributed by atoms with Crippen LogP contribution in [-0.2, 0) is 26.2 Å². The standard InChI is InChI=1S/C21H19N5O8S2/c1-25-17(30)15(28)23-24-21(25)36-8-10-7-35-18-12(16(29)26(18)13(10)20(33)34)22-14(27)11(19(31)32)9-5-3-2-4-6-9/h2-6,11-12,18H,7-8H2,1H3,(H,22,27)(H,23,28)(H,31,32)(H,33,34)/t11?,12?,18-/m1/s1. The highest BCUT2D eigenvalue weighted by Gasteiger charge is 2.54. The van der Waals surface area contributed by atoms with Gasteiger partial charge in [-0.2, -0.15) is 0 Å². The van der Waals surface area contributed by atoms with Crippen molar-refractivity contribution in [2.45, 2.75) is 22.5 Å². The lowest BCUT2D eigenvalue weighted by molar-refractivity contribution is -0.152. The maximum absolute atomic E-state index is 12.9. The van der Waals surface area contributed by atoms with Crippen molar-refractivity contribution in [2.75, 3.05) is 11.5 Å². The second-order valence-corrected chi connectivity index (χ2v) is 9.87. The molecule has 4 N–H and O–H groups in total. The van der Waals surface area contributed by atoms with E-state index in [2.05, 4.69) is 15.5 Å². The molecule has 36 heavy (non-hydrogen) atoms. The Kier molecular flexibility index (Phi) is 7.03. The van der Waals surface area contributed by atoms with E-state index in [-0.39, 0.29) is 27.9 Å². The van der Waals surface area contributed by atoms with Crippen LogP contribution in [0, 0.1) is 0 Å². The van der Waals surface area contributed by atoms with Gasteiger partial charge in [-0.25, -0.2) is 9.89 Å². The van der Waals surface area contributed by atoms with Gasteiger partial charge < -0.3 is 15.5 Å². The van der Waals surface area contributed by atoms with Gasteiger partial charge in [0.15, 0.2) is 11.1 Å². The Labute approximate surface area is 210 Å². The van der Waals surface area contributed by atoms with Gasteiger partial charge in [0.2, 0.25) is 5.91 Å². The maximum Gasteiger partial charge on any atom is 0.352 e. The number of carboxylic acid groups (broad SMARTS) is 2. The molecule has 2 aliphatic heterocycles. The first kappa shape index (κ1) is 25.2. The predicted octanol–water partition coefficient (Wildman–Crippen LogP) is -0.832. The number of nitrogens with zero attached hydrogens (tertiary/aromatic N) is 3. The van der Waals surface area contributed by atoms with Crippen LogP contribution in [0.3, 0.4) is 0 Å². The Morgan fingerprint density at radius 1 is 1.22 bits per heavy atom. The van der Waals surface area contributed by atoms with Crippen molar-refractivity contribution in [3.63, 3.8) is 0 Å². The molecular weight excluding hydrogens is 514 g/mol. The topological polar surface area (TPSA) is 192 Å². The van der Waals surface area contributed by atoms with Crippen LogP contribution < -0.4 is 16.4 Å². The molecule has 0 radical (unpaired) electrons. The highest BCUT2D eigenvalue weighted by molar-refractivity contribution is 8.01. The monoisotopic (exact) mass is 533 g/mol. The van der Waals surface area contributed by atoms with Crippen molar-refractivity contribution in [1.29, 1.82) is 0 Å². The first-order chi connectivity index (χ1) is 17.1. The predicted molar refractivity (Wildman–Crippen MR) is 127 cm³/mol. The van der Waals surface area contributed by atoms with E-state index >= 15 is 0 Å². The quantitative estimate of drug-likeness (QED) is 0.143. The van der Waals surface area contributed by atoms with Gasteiger partial charge in [0, 0.05) is 18.6 Å². The van der Waals surface area contributed by atoms with Gasteiger partial charge in [-0.15, -0.1) is 16.9 Å². The van der Waals surface area contributed by atoms with Gasteiger partial charge in [-0.05, 0) is 11.1 Å². The average molecular weight is 534 g/mol. The first-order valence-electron chi connectivity index (χ1n) is 10.4. The summed E-state index contributed by atoms with van der Waals surface area (Å²) in [7, 11) is 1.36. The number of aliphatic carboxylic acids is 2. The lowest BCUT2D eigenvalue weighted by Gasteiger charge is -2.49. The number of hydrogen-bond donors (Lipinski definition) is 4. The first-order valence-corrected chi connectivity index (χ1v) is 12.4. The number of aromatic nitrogens is 3. The molecule has 13 nitrogen and oxygen atoms in total. The van der Waals surface area contributed by atoms with E-state index in [0.717, 1.165) is 21.2 Å². The third kappa shape index (κ3) is 4.54. The SMILES string of the molecule is Cn1c(SCC2=C(C(=O)O)N3C(=O)C(NC(=O)C(C(=O)O)c4ccccc4)[C@H]3SC2)n[nH]c(=O)c1=O. The summed E-state index contributed by atoms with van der Waals surface area (Å²) >= 11 is 2.24. The average Bonchev–Trinajstić information content (AvgIpc) is 2.85. The number of carbonyl (C=O) groups excluding carboxylic acids is 2. The molecule has 1 aromatic carbocycles. The molecule has 188 valence electrons. The summed E-state index contributed by atoms with van der Waals surface area (Å²) in [6.45, 7) is 0. The molecule has 0 saturated carbocycles. The van der Waals surface area contributed by atoms with Crippen LogP contribution >= 0.6 is 23.5 Å². The number of β-lactam (4-membered cyclic amide) rings is 1. The zero-order valence-electron chi connectivity index (χ0n) is 18.5. The Morgan fingerprint density at radius 3 is 2.56 bits per heavy atom. The minimum absolute atomic E-state index is 0.0730. The minimum atomic E-state index is -1.53. The molecule has 0 aliphatic carbocycles. The highest BCUT2D eigenvalue weighted by Crippen LogP contribution is 2.41. The lowest BCUT2D eigenvalue weighted by atomic mass is 9.96. The molecule has 3 atom stereocenters. The fourth-order valence-corrected chi connectivity index (χ4v) is 6.23. The molecule has 0 bridgehead atoms. The molecule has 1 aromatic heterocycles. The Hall–Kier alpha value is -3.85. The molecule has 0 spiro atoms. The molecule has 4 rings (SSSR count). The molecule has 2 amide bonds. The number of carbonyl (C=O) groups is 4. The van der Waals surface area contributed by atoms with Gasteiger partial charge in [0.25, 0.3) is 5.91 Å². The number of rotatable bonds is 8. The van der Waals surface area contributed by atoms with Gasteiger partial charge in [-0.1, -0.05) is 42.1 Å². The normalized spacial score (nSPS) is 19.8. The van der Waals surface area contributed by atoms with E-state index in [4.69, 9.17) is 0 Å². The fraction of sp³-hybridized carbons (Fsp3) is 0.286. The van der Waals surface area contributed by atoms with Crippen LogP contribution in [0.1, 0.15) is 11.5 Å². The van der Waals surface area contributed by atoms with Crippen molar-refractivity contribution in [1.82, 2.24) is 25.0 Å². The van der Waals surface area contributed by atoms with Crippen LogP contribution in [0.2, 0.25) is 0 Å². The van der Waals surface area contributed by atoms with Crippen molar-refractivity contribution in [2.24, 2.45) is 7.05 Å². The molecule has 1 saturated heterocycles. The molecule has 1 fully saturated rings. The summed E-state index contributed by atoms with van der Waals surface area (Å²) in [5.41, 5.74) is -1.31. The number of benzene rings is 1. The summed E-state index contributed by atoms with van der Waals surface area (Å²) in [5.74, 6) is -5.53. The van der Waals surface area contributed by atoms with Crippen LogP contribution in [0.4, 0.5) is 0 Å². The third-order valence-electron chi connectivity index (χ3n) is 5.60.